The van der Waals surface area contributed by atoms with Crippen LogP contribution in [-0.4, -0.2) is 34.9 Å². The van der Waals surface area contributed by atoms with Crippen molar-refractivity contribution in [2.24, 2.45) is 11.7 Å². The molecule has 0 radical (unpaired) electrons. The van der Waals surface area contributed by atoms with E-state index in [0.29, 0.717) is 24.3 Å². The number of thiazole rings is 1. The standard InChI is InChI=1S/C10H11F3N4O2S/c11-10(12,13)6-4-20-8(15-6)16-9(19)17-2-1-5(3-17)7(14)18/h4-5H,1-3H2,(H2,14,18)(H,15,16,19)/t5-/m0/s1. The topological polar surface area (TPSA) is 88.3 Å². The number of nitrogens with two attached hydrogens (primary N) is 1. The number of primary amides is 1. The van der Waals surface area contributed by atoms with Gasteiger partial charge in [0.25, 0.3) is 0 Å². The Morgan fingerprint density at radius 2 is 2.20 bits per heavy atom. The lowest BCUT2D eigenvalue weighted by molar-refractivity contribution is -0.140. The predicted molar refractivity (Wildman–Crippen MR) is 65.0 cm³/mol. The number of nitrogens with one attached hydrogen (secondary N) is 1. The predicted octanol–water partition coefficient (Wildman–Crippen LogP) is 1.50. The zero-order valence-electron chi connectivity index (χ0n) is 10.1. The van der Waals surface area contributed by atoms with E-state index in [-0.39, 0.29) is 11.7 Å². The van der Waals surface area contributed by atoms with Gasteiger partial charge in [0.15, 0.2) is 10.8 Å². The van der Waals surface area contributed by atoms with Crippen molar-refractivity contribution in [3.05, 3.63) is 11.1 Å². The number of anilines is 1. The van der Waals surface area contributed by atoms with E-state index in [0.717, 1.165) is 5.38 Å². The van der Waals surface area contributed by atoms with E-state index in [1.807, 2.05) is 0 Å². The first-order valence-corrected chi connectivity index (χ1v) is 6.53. The van der Waals surface area contributed by atoms with Crippen molar-refractivity contribution in [1.29, 1.82) is 0 Å². The zero-order chi connectivity index (χ0) is 14.9. The third kappa shape index (κ3) is 3.18. The van der Waals surface area contributed by atoms with Crippen LogP contribution in [0.5, 0.6) is 0 Å². The van der Waals surface area contributed by atoms with Gasteiger partial charge >= 0.3 is 12.2 Å². The van der Waals surface area contributed by atoms with Crippen LogP contribution in [0.1, 0.15) is 12.1 Å². The van der Waals surface area contributed by atoms with Gasteiger partial charge < -0.3 is 10.6 Å². The van der Waals surface area contributed by atoms with E-state index < -0.39 is 29.7 Å². The maximum Gasteiger partial charge on any atom is 0.434 e. The minimum absolute atomic E-state index is 0.134. The van der Waals surface area contributed by atoms with Crippen LogP contribution in [0.3, 0.4) is 0 Å². The summed E-state index contributed by atoms with van der Waals surface area (Å²) in [5.74, 6) is -0.906. The molecule has 1 aliphatic rings. The summed E-state index contributed by atoms with van der Waals surface area (Å²) in [4.78, 5) is 27.4. The Morgan fingerprint density at radius 3 is 2.70 bits per heavy atom. The van der Waals surface area contributed by atoms with Gasteiger partial charge in [-0.05, 0) is 6.42 Å². The average Bonchev–Trinajstić information content (AvgIpc) is 2.95. The summed E-state index contributed by atoms with van der Waals surface area (Å²) >= 11 is 0.689. The number of alkyl halides is 3. The second-order valence-corrected chi connectivity index (χ2v) is 5.16. The Hall–Kier alpha value is -1.84. The summed E-state index contributed by atoms with van der Waals surface area (Å²) < 4.78 is 37.0. The lowest BCUT2D eigenvalue weighted by Crippen LogP contribution is -2.34. The van der Waals surface area contributed by atoms with Crippen LogP contribution >= 0.6 is 11.3 Å². The van der Waals surface area contributed by atoms with Crippen LogP contribution in [0.15, 0.2) is 5.38 Å². The number of halogens is 3. The van der Waals surface area contributed by atoms with Crippen LogP contribution in [0, 0.1) is 5.92 Å². The molecular weight excluding hydrogens is 297 g/mol. The minimum atomic E-state index is -4.54. The summed E-state index contributed by atoms with van der Waals surface area (Å²) in [6.07, 6.45) is -4.08. The summed E-state index contributed by atoms with van der Waals surface area (Å²) in [5, 5.41) is 2.97. The van der Waals surface area contributed by atoms with E-state index in [1.165, 1.54) is 4.90 Å². The lowest BCUT2D eigenvalue weighted by Gasteiger charge is -2.15. The van der Waals surface area contributed by atoms with Gasteiger partial charge in [-0.15, -0.1) is 11.3 Å². The highest BCUT2D eigenvalue weighted by Crippen LogP contribution is 2.31. The zero-order valence-corrected chi connectivity index (χ0v) is 10.9. The molecule has 0 saturated carbocycles. The van der Waals surface area contributed by atoms with Gasteiger partial charge in [0.1, 0.15) is 0 Å². The molecule has 0 bridgehead atoms. The molecule has 1 saturated heterocycles. The molecular formula is C10H11F3N4O2S. The Kier molecular flexibility index (Phi) is 3.84. The van der Waals surface area contributed by atoms with Crippen molar-refractivity contribution >= 4 is 28.4 Å². The smallest absolute Gasteiger partial charge is 0.369 e. The minimum Gasteiger partial charge on any atom is -0.369 e. The number of hydrogen-bond acceptors (Lipinski definition) is 4. The molecule has 0 aromatic carbocycles. The molecule has 0 unspecified atom stereocenters. The Labute approximate surface area is 115 Å². The van der Waals surface area contributed by atoms with Crippen LogP contribution in [0.25, 0.3) is 0 Å². The number of nitrogens with zero attached hydrogens (tertiary/aromatic N) is 2. The molecule has 1 atom stereocenters. The normalized spacial score (nSPS) is 19.1. The third-order valence-electron chi connectivity index (χ3n) is 2.89. The monoisotopic (exact) mass is 308 g/mol. The Balaban J connectivity index is 1.95. The van der Waals surface area contributed by atoms with Gasteiger partial charge in [-0.25, -0.2) is 9.78 Å². The molecule has 3 N–H and O–H groups in total. The van der Waals surface area contributed by atoms with Crippen molar-refractivity contribution in [3.63, 3.8) is 0 Å². The lowest BCUT2D eigenvalue weighted by atomic mass is 10.1. The largest absolute Gasteiger partial charge is 0.434 e. The SMILES string of the molecule is NC(=O)[C@H]1CCN(C(=O)Nc2nc(C(F)(F)F)cs2)C1. The van der Waals surface area contributed by atoms with Gasteiger partial charge in [0.2, 0.25) is 5.91 Å². The van der Waals surface area contributed by atoms with E-state index in [4.69, 9.17) is 5.73 Å². The number of carbonyl (C=O) groups excluding carboxylic acids is 2. The Morgan fingerprint density at radius 1 is 1.50 bits per heavy atom. The maximum absolute atomic E-state index is 12.3. The van der Waals surface area contributed by atoms with Gasteiger partial charge in [0.05, 0.1) is 5.92 Å². The fourth-order valence-electron chi connectivity index (χ4n) is 1.81. The van der Waals surface area contributed by atoms with Crippen molar-refractivity contribution < 1.29 is 22.8 Å². The molecule has 1 aromatic heterocycles. The first kappa shape index (κ1) is 14.6. The number of rotatable bonds is 2. The summed E-state index contributed by atoms with van der Waals surface area (Å²) in [6, 6.07) is -0.586. The van der Waals surface area contributed by atoms with Gasteiger partial charge in [0, 0.05) is 18.5 Å². The number of urea groups is 1. The number of aromatic nitrogens is 1. The van der Waals surface area contributed by atoms with Crippen molar-refractivity contribution in [3.8, 4) is 0 Å². The highest BCUT2D eigenvalue weighted by atomic mass is 32.1. The quantitative estimate of drug-likeness (QED) is 0.868. The summed E-state index contributed by atoms with van der Waals surface area (Å²) in [7, 11) is 0. The van der Waals surface area contributed by atoms with Gasteiger partial charge in [-0.2, -0.15) is 13.2 Å². The molecule has 20 heavy (non-hydrogen) atoms. The summed E-state index contributed by atoms with van der Waals surface area (Å²) in [6.45, 7) is 0.496. The van der Waals surface area contributed by atoms with E-state index in [1.54, 1.807) is 0 Å². The number of likely N-dealkylation sites (tertiary alicyclic amines) is 1. The number of amides is 3. The second kappa shape index (κ2) is 5.27. The molecule has 10 heteroatoms. The molecule has 0 spiro atoms. The van der Waals surface area contributed by atoms with Crippen LogP contribution < -0.4 is 11.1 Å². The molecule has 0 aliphatic carbocycles. The first-order valence-electron chi connectivity index (χ1n) is 5.65. The molecule has 3 amide bonds. The molecule has 2 heterocycles. The fourth-order valence-corrected chi connectivity index (χ4v) is 2.52. The maximum atomic E-state index is 12.3. The average molecular weight is 308 g/mol. The van der Waals surface area contributed by atoms with E-state index in [9.17, 15) is 22.8 Å². The first-order chi connectivity index (χ1) is 9.27. The molecule has 6 nitrogen and oxygen atoms in total. The van der Waals surface area contributed by atoms with Crippen LogP contribution in [-0.2, 0) is 11.0 Å². The van der Waals surface area contributed by atoms with E-state index >= 15 is 0 Å². The van der Waals surface area contributed by atoms with Crippen LogP contribution in [0.4, 0.5) is 23.1 Å². The molecule has 1 aliphatic heterocycles. The molecule has 2 rings (SSSR count). The molecule has 110 valence electrons. The second-order valence-electron chi connectivity index (χ2n) is 4.30. The fraction of sp³-hybridized carbons (Fsp3) is 0.500. The highest BCUT2D eigenvalue weighted by molar-refractivity contribution is 7.13. The number of carbonyl (C=O) groups is 2. The van der Waals surface area contributed by atoms with Gasteiger partial charge in [-0.1, -0.05) is 0 Å². The molecule has 1 aromatic rings. The number of hydrogen-bond donors (Lipinski definition) is 2. The van der Waals surface area contributed by atoms with E-state index in [2.05, 4.69) is 10.3 Å². The van der Waals surface area contributed by atoms with Gasteiger partial charge in [-0.3, -0.25) is 10.1 Å². The van der Waals surface area contributed by atoms with Crippen molar-refractivity contribution in [2.75, 3.05) is 18.4 Å². The molecule has 1 fully saturated rings. The highest BCUT2D eigenvalue weighted by Gasteiger charge is 2.34. The Bertz CT molecular complexity index is 531. The van der Waals surface area contributed by atoms with Crippen molar-refractivity contribution in [1.82, 2.24) is 9.88 Å². The van der Waals surface area contributed by atoms with Crippen molar-refractivity contribution in [2.45, 2.75) is 12.6 Å². The van der Waals surface area contributed by atoms with Crippen LogP contribution in [0.2, 0.25) is 0 Å². The third-order valence-corrected chi connectivity index (χ3v) is 3.64. The summed E-state index contributed by atoms with van der Waals surface area (Å²) in [5.41, 5.74) is 4.08.